The molecule has 194 valence electrons. The van der Waals surface area contributed by atoms with E-state index in [1.54, 1.807) is 27.8 Å². The quantitative estimate of drug-likeness (QED) is 0.166. The van der Waals surface area contributed by atoms with Gasteiger partial charge in [-0.15, -0.1) is 0 Å². The molecule has 2 heterocycles. The third-order valence-corrected chi connectivity index (χ3v) is 8.99. The van der Waals surface area contributed by atoms with Crippen LogP contribution in [-0.2, 0) is 25.5 Å². The van der Waals surface area contributed by atoms with Gasteiger partial charge in [0, 0.05) is 30.6 Å². The Morgan fingerprint density at radius 2 is 1.94 bits per heavy atom. The van der Waals surface area contributed by atoms with E-state index in [9.17, 15) is 22.8 Å². The lowest BCUT2D eigenvalue weighted by molar-refractivity contribution is -0.138. The van der Waals surface area contributed by atoms with E-state index >= 15 is 0 Å². The fourth-order valence-electron chi connectivity index (χ4n) is 3.79. The summed E-state index contributed by atoms with van der Waals surface area (Å²) in [7, 11) is -1.26. The normalized spacial score (nSPS) is 15.9. The molecular weight excluding hydrogens is 522 g/mol. The number of aryl methyl sites for hydroxylation is 1. The summed E-state index contributed by atoms with van der Waals surface area (Å²) in [6, 6.07) is 11.6. The number of imide groups is 1. The third kappa shape index (κ3) is 8.05. The molecule has 12 heteroatoms. The second-order valence-electron chi connectivity index (χ2n) is 8.42. The van der Waals surface area contributed by atoms with E-state index in [0.717, 1.165) is 39.6 Å². The van der Waals surface area contributed by atoms with Crippen LogP contribution in [0.1, 0.15) is 53.6 Å². The molecule has 1 atom stereocenters. The summed E-state index contributed by atoms with van der Waals surface area (Å²) in [4.78, 5) is 41.6. The van der Waals surface area contributed by atoms with E-state index in [0.29, 0.717) is 24.9 Å². The van der Waals surface area contributed by atoms with Crippen LogP contribution >= 0.6 is 21.6 Å². The molecule has 0 aliphatic carbocycles. The van der Waals surface area contributed by atoms with Gasteiger partial charge >= 0.3 is 0 Å². The first-order chi connectivity index (χ1) is 17.2. The SMILES string of the molecule is Cc1cc(CSSc2ccccn2)ccc1C(=O)NCCCCCCN1C(=O)CC(S(=O)(=O)O)C1=O. The van der Waals surface area contributed by atoms with Crippen molar-refractivity contribution in [1.29, 1.82) is 0 Å². The number of hydrogen-bond donors (Lipinski definition) is 2. The minimum Gasteiger partial charge on any atom is -0.352 e. The van der Waals surface area contributed by atoms with Gasteiger partial charge in [0.05, 0.1) is 6.42 Å². The topological polar surface area (TPSA) is 134 Å². The number of pyridine rings is 1. The van der Waals surface area contributed by atoms with Gasteiger partial charge in [-0.2, -0.15) is 8.42 Å². The van der Waals surface area contributed by atoms with E-state index in [1.807, 2.05) is 43.3 Å². The van der Waals surface area contributed by atoms with E-state index in [-0.39, 0.29) is 12.5 Å². The molecule has 2 N–H and O–H groups in total. The average molecular weight is 552 g/mol. The number of likely N-dealkylation sites (tertiary alicyclic amines) is 1. The predicted octanol–water partition coefficient (Wildman–Crippen LogP) is 3.64. The smallest absolute Gasteiger partial charge is 0.277 e. The van der Waals surface area contributed by atoms with Gasteiger partial charge in [-0.05, 0) is 59.9 Å². The van der Waals surface area contributed by atoms with Crippen molar-refractivity contribution in [3.63, 3.8) is 0 Å². The molecule has 1 aromatic carbocycles. The van der Waals surface area contributed by atoms with Crippen molar-refractivity contribution >= 4 is 49.4 Å². The summed E-state index contributed by atoms with van der Waals surface area (Å²) in [5.41, 5.74) is 2.69. The molecule has 9 nitrogen and oxygen atoms in total. The van der Waals surface area contributed by atoms with Crippen LogP contribution in [0.5, 0.6) is 0 Å². The van der Waals surface area contributed by atoms with Gasteiger partial charge in [-0.3, -0.25) is 23.8 Å². The van der Waals surface area contributed by atoms with Crippen molar-refractivity contribution in [3.8, 4) is 0 Å². The summed E-state index contributed by atoms with van der Waals surface area (Å²) >= 11 is 0. The molecule has 3 amide bonds. The number of unbranched alkanes of at least 4 members (excludes halogenated alkanes) is 3. The van der Waals surface area contributed by atoms with Crippen molar-refractivity contribution in [2.24, 2.45) is 0 Å². The molecule has 1 aromatic heterocycles. The molecule has 0 spiro atoms. The Morgan fingerprint density at radius 3 is 2.61 bits per heavy atom. The molecule has 1 unspecified atom stereocenters. The number of amides is 3. The number of nitrogens with zero attached hydrogens (tertiary/aromatic N) is 2. The highest BCUT2D eigenvalue weighted by Gasteiger charge is 2.45. The Morgan fingerprint density at radius 1 is 1.17 bits per heavy atom. The summed E-state index contributed by atoms with van der Waals surface area (Å²) in [5, 5.41) is 2.20. The standard InChI is InChI=1S/C24H29N3O6S3/c1-17-14-18(16-34-35-21-8-4-6-11-25-21)9-10-19(17)23(29)26-12-5-2-3-7-13-27-22(28)15-20(24(27)30)36(31,32)33/h4,6,8-11,14,20H,2-3,5,7,12-13,15-16H2,1H3,(H,26,29)(H,31,32,33). The molecule has 1 aliphatic rings. The van der Waals surface area contributed by atoms with Crippen molar-refractivity contribution in [2.45, 2.75) is 55.1 Å². The van der Waals surface area contributed by atoms with Crippen LogP contribution in [0, 0.1) is 6.92 Å². The first-order valence-electron chi connectivity index (χ1n) is 11.6. The van der Waals surface area contributed by atoms with Crippen molar-refractivity contribution < 1.29 is 27.4 Å². The van der Waals surface area contributed by atoms with Gasteiger partial charge in [0.1, 0.15) is 5.03 Å². The van der Waals surface area contributed by atoms with Crippen LogP contribution in [-0.4, -0.2) is 58.9 Å². The fraction of sp³-hybridized carbons (Fsp3) is 0.417. The Kier molecular flexibility index (Phi) is 10.3. The molecule has 0 saturated carbocycles. The summed E-state index contributed by atoms with van der Waals surface area (Å²) < 4.78 is 31.4. The van der Waals surface area contributed by atoms with Crippen LogP contribution < -0.4 is 5.32 Å². The molecular formula is C24H29N3O6S3. The molecule has 36 heavy (non-hydrogen) atoms. The summed E-state index contributed by atoms with van der Waals surface area (Å²) in [5.74, 6) is -0.766. The highest BCUT2D eigenvalue weighted by atomic mass is 33.1. The fourth-order valence-corrected chi connectivity index (χ4v) is 6.50. The monoisotopic (exact) mass is 551 g/mol. The Labute approximate surface area is 219 Å². The van der Waals surface area contributed by atoms with Crippen LogP contribution in [0.4, 0.5) is 0 Å². The number of carbonyl (C=O) groups excluding carboxylic acids is 3. The van der Waals surface area contributed by atoms with Gasteiger partial charge in [0.2, 0.25) is 5.91 Å². The molecule has 0 bridgehead atoms. The summed E-state index contributed by atoms with van der Waals surface area (Å²) in [6.07, 6.45) is 4.02. The zero-order chi connectivity index (χ0) is 26.1. The maximum atomic E-state index is 12.5. The van der Waals surface area contributed by atoms with E-state index in [4.69, 9.17) is 4.55 Å². The second kappa shape index (κ2) is 13.2. The van der Waals surface area contributed by atoms with Gasteiger partial charge in [0.15, 0.2) is 5.25 Å². The first-order valence-corrected chi connectivity index (χ1v) is 15.4. The van der Waals surface area contributed by atoms with Crippen LogP contribution in [0.2, 0.25) is 0 Å². The second-order valence-corrected chi connectivity index (χ2v) is 12.3. The summed E-state index contributed by atoms with van der Waals surface area (Å²) in [6.45, 7) is 2.55. The van der Waals surface area contributed by atoms with Crippen LogP contribution in [0.15, 0.2) is 47.6 Å². The maximum Gasteiger partial charge on any atom is 0.277 e. The van der Waals surface area contributed by atoms with Crippen LogP contribution in [0.25, 0.3) is 0 Å². The van der Waals surface area contributed by atoms with Gasteiger partial charge in [0.25, 0.3) is 21.9 Å². The number of carbonyl (C=O) groups is 3. The Bertz CT molecular complexity index is 1190. The lowest BCUT2D eigenvalue weighted by atomic mass is 10.1. The predicted molar refractivity (Wildman–Crippen MR) is 140 cm³/mol. The largest absolute Gasteiger partial charge is 0.352 e. The zero-order valence-corrected chi connectivity index (χ0v) is 22.3. The van der Waals surface area contributed by atoms with Crippen LogP contribution in [0.3, 0.4) is 0 Å². The van der Waals surface area contributed by atoms with Crippen molar-refractivity contribution in [2.75, 3.05) is 13.1 Å². The van der Waals surface area contributed by atoms with Crippen molar-refractivity contribution in [1.82, 2.24) is 15.2 Å². The third-order valence-electron chi connectivity index (χ3n) is 5.70. The lowest BCUT2D eigenvalue weighted by Crippen LogP contribution is -2.35. The maximum absolute atomic E-state index is 12.5. The Hall–Kier alpha value is -2.41. The molecule has 1 aliphatic heterocycles. The Balaban J connectivity index is 1.32. The molecule has 0 radical (unpaired) electrons. The number of nitrogens with one attached hydrogen (secondary N) is 1. The number of hydrogen-bond acceptors (Lipinski definition) is 8. The minimum atomic E-state index is -4.57. The van der Waals surface area contributed by atoms with E-state index in [2.05, 4.69) is 10.3 Å². The zero-order valence-electron chi connectivity index (χ0n) is 19.9. The van der Waals surface area contributed by atoms with Gasteiger partial charge in [-0.25, -0.2) is 4.98 Å². The lowest BCUT2D eigenvalue weighted by Gasteiger charge is -2.14. The van der Waals surface area contributed by atoms with E-state index < -0.39 is 33.6 Å². The first kappa shape index (κ1) is 28.2. The molecule has 2 aromatic rings. The molecule has 1 fully saturated rings. The number of aromatic nitrogens is 1. The number of benzene rings is 1. The van der Waals surface area contributed by atoms with Gasteiger partial charge in [-0.1, -0.05) is 41.8 Å². The highest BCUT2D eigenvalue weighted by molar-refractivity contribution is 8.76. The minimum absolute atomic E-state index is 0.125. The number of rotatable bonds is 13. The molecule has 1 saturated heterocycles. The average Bonchev–Trinajstić information content (AvgIpc) is 3.13. The molecule has 3 rings (SSSR count). The highest BCUT2D eigenvalue weighted by Crippen LogP contribution is 2.32. The van der Waals surface area contributed by atoms with E-state index in [1.165, 1.54) is 0 Å². The van der Waals surface area contributed by atoms with Gasteiger partial charge < -0.3 is 5.32 Å². The van der Waals surface area contributed by atoms with Crippen molar-refractivity contribution in [3.05, 3.63) is 59.3 Å².